The van der Waals surface area contributed by atoms with E-state index in [2.05, 4.69) is 6.58 Å². The van der Waals surface area contributed by atoms with Crippen molar-refractivity contribution in [2.75, 3.05) is 0 Å². The van der Waals surface area contributed by atoms with Crippen LogP contribution in [0, 0.1) is 0 Å². The van der Waals surface area contributed by atoms with E-state index < -0.39 is 41.4 Å². The summed E-state index contributed by atoms with van der Waals surface area (Å²) in [5, 5.41) is 0.234. The molecule has 1 nitrogen and oxygen atoms in total. The third kappa shape index (κ3) is 5.17. The molecule has 1 atom stereocenters. The molecule has 0 aliphatic rings. The Kier molecular flexibility index (Phi) is 6.34. The lowest BCUT2D eigenvalue weighted by Gasteiger charge is -2.33. The Balaban J connectivity index is 3.33. The molecular formula is C15H19F7OSi2. The molecule has 25 heavy (non-hydrogen) atoms. The van der Waals surface area contributed by atoms with Gasteiger partial charge in [-0.25, -0.2) is 0 Å². The molecule has 1 rings (SSSR count). The second-order valence-electron chi connectivity index (χ2n) is 6.53. The summed E-state index contributed by atoms with van der Waals surface area (Å²) in [4.78, 5) is 0. The van der Waals surface area contributed by atoms with E-state index in [9.17, 15) is 30.7 Å². The fourth-order valence-corrected chi connectivity index (χ4v) is 8.31. The lowest BCUT2D eigenvalue weighted by molar-refractivity contribution is -0.349. The highest BCUT2D eigenvalue weighted by atomic mass is 28.4. The van der Waals surface area contributed by atoms with Gasteiger partial charge in [0, 0.05) is 6.04 Å². The fourth-order valence-electron chi connectivity index (χ4n) is 2.20. The molecule has 0 saturated heterocycles. The van der Waals surface area contributed by atoms with Crippen LogP contribution >= 0.6 is 0 Å². The molecule has 0 aliphatic carbocycles. The first-order valence-electron chi connectivity index (χ1n) is 7.34. The van der Waals surface area contributed by atoms with Gasteiger partial charge in [-0.2, -0.15) is 30.7 Å². The summed E-state index contributed by atoms with van der Waals surface area (Å²) in [6, 6.07) is 4.36. The van der Waals surface area contributed by atoms with Crippen molar-refractivity contribution in [3.8, 4) is 0 Å². The molecule has 0 aliphatic heterocycles. The lowest BCUT2D eigenvalue weighted by Crippen LogP contribution is -2.56. The van der Waals surface area contributed by atoms with E-state index in [1.54, 1.807) is 25.7 Å². The van der Waals surface area contributed by atoms with Crippen LogP contribution in [0.1, 0.15) is 5.56 Å². The van der Waals surface area contributed by atoms with Crippen molar-refractivity contribution in [3.05, 3.63) is 36.4 Å². The van der Waals surface area contributed by atoms with E-state index in [1.165, 1.54) is 24.3 Å². The number of benzene rings is 1. The van der Waals surface area contributed by atoms with E-state index in [1.807, 2.05) is 0 Å². The Morgan fingerprint density at radius 2 is 1.56 bits per heavy atom. The van der Waals surface area contributed by atoms with Crippen LogP contribution in [-0.4, -0.2) is 35.4 Å². The smallest absolute Gasteiger partial charge is 0.454 e. The summed E-state index contributed by atoms with van der Waals surface area (Å²) in [5.41, 5.74) is 0.392. The molecule has 0 fully saturated rings. The molecule has 0 bridgehead atoms. The van der Waals surface area contributed by atoms with Gasteiger partial charge in [-0.05, 0) is 30.4 Å². The second kappa shape index (κ2) is 7.24. The Bertz CT molecular complexity index is 609. The van der Waals surface area contributed by atoms with Crippen molar-refractivity contribution in [1.82, 2.24) is 0 Å². The van der Waals surface area contributed by atoms with Gasteiger partial charge in [-0.3, -0.25) is 0 Å². The van der Waals surface area contributed by atoms with E-state index >= 15 is 0 Å². The molecule has 0 radical (unpaired) electrons. The summed E-state index contributed by atoms with van der Waals surface area (Å²) in [6.45, 7) is 8.49. The average molecular weight is 404 g/mol. The quantitative estimate of drug-likeness (QED) is 0.462. The monoisotopic (exact) mass is 404 g/mol. The molecule has 0 amide bonds. The first-order chi connectivity index (χ1) is 11.1. The van der Waals surface area contributed by atoms with E-state index in [0.717, 1.165) is 0 Å². The summed E-state index contributed by atoms with van der Waals surface area (Å²) in [6.07, 6.45) is -5.00. The maximum atomic E-state index is 13.9. The SMILES string of the molecule is C=Cc1ccccc1[SiH](CC(F)(F)C(F)(F)C(F)(F)F)O[Si](C)(C)C. The zero-order valence-corrected chi connectivity index (χ0v) is 16.1. The van der Waals surface area contributed by atoms with Crippen molar-refractivity contribution >= 4 is 28.6 Å². The third-order valence-electron chi connectivity index (χ3n) is 3.32. The highest BCUT2D eigenvalue weighted by Gasteiger charge is 2.73. The first kappa shape index (κ1) is 21.9. The second-order valence-corrected chi connectivity index (χ2v) is 13.7. The van der Waals surface area contributed by atoms with Crippen molar-refractivity contribution in [1.29, 1.82) is 0 Å². The summed E-state index contributed by atoms with van der Waals surface area (Å²) in [5.74, 6) is -11.4. The van der Waals surface area contributed by atoms with E-state index in [-0.39, 0.29) is 5.19 Å². The molecule has 142 valence electrons. The van der Waals surface area contributed by atoms with E-state index in [4.69, 9.17) is 4.12 Å². The zero-order chi connectivity index (χ0) is 19.7. The Labute approximate surface area is 144 Å². The van der Waals surface area contributed by atoms with Crippen LogP contribution in [0.3, 0.4) is 0 Å². The summed E-state index contributed by atoms with van der Waals surface area (Å²) >= 11 is 0. The van der Waals surface area contributed by atoms with Gasteiger partial charge in [0.1, 0.15) is 0 Å². The van der Waals surface area contributed by atoms with Gasteiger partial charge in [0.05, 0.1) is 0 Å². The maximum absolute atomic E-state index is 13.9. The minimum Gasteiger partial charge on any atom is -0.454 e. The van der Waals surface area contributed by atoms with Crippen LogP contribution in [0.15, 0.2) is 30.8 Å². The lowest BCUT2D eigenvalue weighted by atomic mass is 10.2. The molecular weight excluding hydrogens is 385 g/mol. The number of alkyl halides is 7. The largest absolute Gasteiger partial charge is 0.459 e. The highest BCUT2D eigenvalue weighted by molar-refractivity contribution is 6.82. The summed E-state index contributed by atoms with van der Waals surface area (Å²) in [7, 11) is -5.79. The number of hydrogen-bond acceptors (Lipinski definition) is 1. The van der Waals surface area contributed by atoms with Gasteiger partial charge in [0.2, 0.25) is 9.04 Å². The molecule has 0 spiro atoms. The van der Waals surface area contributed by atoms with Gasteiger partial charge in [0.25, 0.3) is 0 Å². The fraction of sp³-hybridized carbons (Fsp3) is 0.467. The topological polar surface area (TPSA) is 9.23 Å². The Hall–Kier alpha value is -1.14. The van der Waals surface area contributed by atoms with Crippen LogP contribution < -0.4 is 5.19 Å². The molecule has 1 aromatic carbocycles. The van der Waals surface area contributed by atoms with Gasteiger partial charge < -0.3 is 4.12 Å². The molecule has 0 N–H and O–H groups in total. The van der Waals surface area contributed by atoms with Gasteiger partial charge in [0.15, 0.2) is 8.32 Å². The average Bonchev–Trinajstić information content (AvgIpc) is 2.43. The van der Waals surface area contributed by atoms with Gasteiger partial charge in [-0.1, -0.05) is 36.9 Å². The predicted molar refractivity (Wildman–Crippen MR) is 88.5 cm³/mol. The number of hydrogen-bond donors (Lipinski definition) is 0. The van der Waals surface area contributed by atoms with E-state index in [0.29, 0.717) is 5.56 Å². The van der Waals surface area contributed by atoms with Gasteiger partial charge in [-0.15, -0.1) is 0 Å². The normalized spacial score (nSPS) is 15.1. The zero-order valence-electron chi connectivity index (χ0n) is 13.9. The minimum atomic E-state index is -6.34. The molecule has 10 heteroatoms. The van der Waals surface area contributed by atoms with Gasteiger partial charge >= 0.3 is 18.0 Å². The van der Waals surface area contributed by atoms with Crippen molar-refractivity contribution in [3.63, 3.8) is 0 Å². The number of halogens is 7. The van der Waals surface area contributed by atoms with Crippen molar-refractivity contribution in [2.45, 2.75) is 43.7 Å². The van der Waals surface area contributed by atoms with Crippen LogP contribution in [0.25, 0.3) is 6.08 Å². The Morgan fingerprint density at radius 1 is 1.04 bits per heavy atom. The van der Waals surface area contributed by atoms with Crippen LogP contribution in [-0.2, 0) is 4.12 Å². The summed E-state index contributed by atoms with van der Waals surface area (Å²) < 4.78 is 97.3. The molecule has 0 saturated carbocycles. The van der Waals surface area contributed by atoms with Crippen molar-refractivity contribution in [2.24, 2.45) is 0 Å². The highest BCUT2D eigenvalue weighted by Crippen LogP contribution is 2.48. The van der Waals surface area contributed by atoms with Crippen LogP contribution in [0.2, 0.25) is 25.7 Å². The van der Waals surface area contributed by atoms with Crippen molar-refractivity contribution < 1.29 is 34.8 Å². The molecule has 1 aromatic rings. The Morgan fingerprint density at radius 3 is 2.00 bits per heavy atom. The standard InChI is InChI=1S/C15H19F7OSi2/c1-5-11-8-6-7-9-12(11)24(23-25(2,3)4)10-13(16,17)14(18,19)15(20,21)22/h5-9,24H,1,10H2,2-4H3. The number of rotatable bonds is 7. The van der Waals surface area contributed by atoms with Crippen LogP contribution in [0.5, 0.6) is 0 Å². The predicted octanol–water partition coefficient (Wildman–Crippen LogP) is 4.94. The maximum Gasteiger partial charge on any atom is 0.459 e. The molecule has 0 heterocycles. The third-order valence-corrected chi connectivity index (χ3v) is 9.39. The molecule has 0 aromatic heterocycles. The first-order valence-corrected chi connectivity index (χ1v) is 12.6. The molecule has 1 unspecified atom stereocenters. The van der Waals surface area contributed by atoms with Crippen LogP contribution in [0.4, 0.5) is 30.7 Å². The minimum absolute atomic E-state index is 0.234.